The number of carbonyl (C=O) groups is 3. The lowest BCUT2D eigenvalue weighted by atomic mass is 9.78. The van der Waals surface area contributed by atoms with Crippen LogP contribution in [0.5, 0.6) is 23.0 Å². The van der Waals surface area contributed by atoms with Crippen molar-refractivity contribution in [3.8, 4) is 23.0 Å². The number of benzene rings is 2. The molecule has 16 heteroatoms. The number of carbonyl (C=O) groups excluding carboxylic acids is 3. The second-order valence-electron chi connectivity index (χ2n) is 16.3. The highest BCUT2D eigenvalue weighted by Gasteiger charge is 2.50. The number of rotatable bonds is 5. The number of ketones is 1. The number of phenolic OH excluding ortho intramolecular Hbond substituents is 2. The Balaban J connectivity index is 1.73. The van der Waals surface area contributed by atoms with Crippen molar-refractivity contribution in [2.24, 2.45) is 28.8 Å². The van der Waals surface area contributed by atoms with E-state index in [9.17, 15) is 34.8 Å². The number of esters is 1. The number of piperazine rings is 1. The zero-order valence-corrected chi connectivity index (χ0v) is 36.3. The highest BCUT2D eigenvalue weighted by molar-refractivity contribution is 6.24. The monoisotopic (exact) mass is 836 g/mol. The number of amides is 1. The topological polar surface area (TPSA) is 209 Å². The maximum Gasteiger partial charge on any atom is 0.312 e. The van der Waals surface area contributed by atoms with Gasteiger partial charge in [0.15, 0.2) is 5.75 Å². The second-order valence-corrected chi connectivity index (χ2v) is 16.3. The van der Waals surface area contributed by atoms with Gasteiger partial charge in [0.1, 0.15) is 23.4 Å². The summed E-state index contributed by atoms with van der Waals surface area (Å²) in [5.41, 5.74) is 0.301. The summed E-state index contributed by atoms with van der Waals surface area (Å²) in [6.45, 7) is 15.5. The van der Waals surface area contributed by atoms with Gasteiger partial charge >= 0.3 is 11.8 Å². The number of hydrogen-bond donors (Lipinski definition) is 5. The summed E-state index contributed by atoms with van der Waals surface area (Å²) >= 11 is 0. The van der Waals surface area contributed by atoms with Crippen LogP contribution in [0, 0.1) is 30.6 Å². The molecule has 60 heavy (non-hydrogen) atoms. The van der Waals surface area contributed by atoms with Crippen LogP contribution in [0.3, 0.4) is 0 Å². The molecule has 9 atom stereocenters. The minimum absolute atomic E-state index is 0.00615. The largest absolute Gasteiger partial charge is 0.507 e. The molecule has 0 spiro atoms. The molecule has 5 N–H and O–H groups in total. The maximum atomic E-state index is 14.6. The normalized spacial score (nSPS) is 31.7. The van der Waals surface area contributed by atoms with Crippen LogP contribution >= 0.6 is 0 Å². The van der Waals surface area contributed by atoms with Gasteiger partial charge in [0, 0.05) is 87.3 Å². The number of nitrogens with one attached hydrogen (secondary N) is 1. The SMILES string of the molecule is COc1c(/C=N/N2CCN(C)CC2)c2c(O)c3c(O)c(C)c4c(c13)C(=O)[C@@](C)(O/C=C/[C@H](OC)[C@@H](C)[C@@H](OC(C)=O)[C@H](C)[C@H](O)[C@H](C)[C@@H](O)[C@@H](C)/C=C/C=C(/C)C(=O)N2)O4. The van der Waals surface area contributed by atoms with Gasteiger partial charge < -0.3 is 54.3 Å². The number of hydrogen-bond acceptors (Lipinski definition) is 15. The van der Waals surface area contributed by atoms with Crippen molar-refractivity contribution in [3.63, 3.8) is 0 Å². The Morgan fingerprint density at radius 2 is 1.63 bits per heavy atom. The first-order valence-corrected chi connectivity index (χ1v) is 20.2. The predicted molar refractivity (Wildman–Crippen MR) is 225 cm³/mol. The number of Topliss-reactive ketones (excluding diaryl/α,β-unsaturated/α-hetero) is 1. The van der Waals surface area contributed by atoms with Gasteiger partial charge in [-0.15, -0.1) is 0 Å². The van der Waals surface area contributed by atoms with Crippen LogP contribution in [0.1, 0.15) is 70.0 Å². The molecule has 1 saturated heterocycles. The van der Waals surface area contributed by atoms with E-state index in [1.807, 2.05) is 12.1 Å². The lowest BCUT2D eigenvalue weighted by Gasteiger charge is -2.38. The Hall–Kier alpha value is -5.16. The molecule has 1 amide bonds. The van der Waals surface area contributed by atoms with E-state index < -0.39 is 83.0 Å². The quantitative estimate of drug-likeness (QED) is 0.158. The number of hydrazone groups is 1. The number of methoxy groups -OCH3 is 2. The molecular weight excluding hydrogens is 776 g/mol. The molecule has 4 heterocycles. The first-order valence-electron chi connectivity index (χ1n) is 20.2. The third kappa shape index (κ3) is 8.97. The van der Waals surface area contributed by atoms with Crippen molar-refractivity contribution in [2.75, 3.05) is 52.8 Å². The Morgan fingerprint density at radius 3 is 2.25 bits per heavy atom. The summed E-state index contributed by atoms with van der Waals surface area (Å²) in [6, 6.07) is 0. The molecule has 0 radical (unpaired) electrons. The van der Waals surface area contributed by atoms with Crippen LogP contribution in [0.2, 0.25) is 0 Å². The molecule has 6 rings (SSSR count). The molecule has 4 aliphatic heterocycles. The van der Waals surface area contributed by atoms with Crippen molar-refractivity contribution in [1.82, 2.24) is 9.91 Å². The molecule has 0 aromatic heterocycles. The summed E-state index contributed by atoms with van der Waals surface area (Å²) in [4.78, 5) is 43.0. The Kier molecular flexibility index (Phi) is 14.3. The third-order valence-electron chi connectivity index (χ3n) is 12.0. The number of ether oxygens (including phenoxy) is 5. The fourth-order valence-corrected chi connectivity index (χ4v) is 8.12. The number of nitrogens with zero attached hydrogens (tertiary/aromatic N) is 3. The molecule has 16 nitrogen and oxygen atoms in total. The van der Waals surface area contributed by atoms with E-state index >= 15 is 0 Å². The van der Waals surface area contributed by atoms with Crippen molar-refractivity contribution in [2.45, 2.75) is 85.6 Å². The van der Waals surface area contributed by atoms with Gasteiger partial charge in [0.05, 0.1) is 60.1 Å². The van der Waals surface area contributed by atoms with Crippen LogP contribution in [-0.4, -0.2) is 132 Å². The van der Waals surface area contributed by atoms with E-state index in [4.69, 9.17) is 23.7 Å². The highest BCUT2D eigenvalue weighted by Crippen LogP contribution is 2.55. The summed E-state index contributed by atoms with van der Waals surface area (Å²) in [6.07, 6.45) is 5.24. The lowest BCUT2D eigenvalue weighted by Crippen LogP contribution is -2.46. The van der Waals surface area contributed by atoms with Gasteiger partial charge in [-0.05, 0) is 27.0 Å². The number of aromatic hydroxyl groups is 2. The molecule has 0 aliphatic carbocycles. The molecule has 328 valence electrons. The lowest BCUT2D eigenvalue weighted by molar-refractivity contribution is -0.160. The number of anilines is 1. The zero-order valence-electron chi connectivity index (χ0n) is 36.3. The molecule has 1 fully saturated rings. The number of likely N-dealkylation sites (N-methyl/N-ethyl adjacent to an activating group) is 1. The summed E-state index contributed by atoms with van der Waals surface area (Å²) in [5, 5.41) is 55.9. The molecule has 0 saturated carbocycles. The summed E-state index contributed by atoms with van der Waals surface area (Å²) < 4.78 is 29.8. The number of aliphatic hydroxyl groups is 2. The molecule has 0 unspecified atom stereocenters. The van der Waals surface area contributed by atoms with Gasteiger partial charge in [-0.1, -0.05) is 45.9 Å². The number of fused-ring (bicyclic) bond motifs is 14. The van der Waals surface area contributed by atoms with Crippen LogP contribution in [0.25, 0.3) is 10.8 Å². The third-order valence-corrected chi connectivity index (χ3v) is 12.0. The van der Waals surface area contributed by atoms with Crippen LogP contribution in [0.4, 0.5) is 5.69 Å². The molecule has 4 aliphatic rings. The van der Waals surface area contributed by atoms with E-state index in [2.05, 4.69) is 15.3 Å². The standard InChI is InChI=1S/C44H60N4O12/c1-22-13-12-14-23(2)43(55)46-34-29(21-45-48-18-16-47(9)17-19-48)41(57-11)31-32(38(34)53)37(52)27(6)40-33(31)42(54)44(8,60-40)58-20-15-30(56-10)24(3)39(59-28(7)49)26(5)36(51)25(4)35(22)50/h12-15,20-22,24-26,30,35-36,39,50-53H,16-19H2,1-11H3,(H,46,55)/b13-12+,20-15+,23-14-,45-21+/t22-,24+,25+,26+,30-,35-,36+,39+,44-/m0/s1. The van der Waals surface area contributed by atoms with E-state index in [0.717, 1.165) is 13.1 Å². The smallest absolute Gasteiger partial charge is 0.312 e. The van der Waals surface area contributed by atoms with Gasteiger partial charge in [-0.2, -0.15) is 5.10 Å². The van der Waals surface area contributed by atoms with Gasteiger partial charge in [0.2, 0.25) is 0 Å². The molecule has 2 aromatic carbocycles. The van der Waals surface area contributed by atoms with Crippen LogP contribution in [0.15, 0.2) is 41.2 Å². The maximum absolute atomic E-state index is 14.6. The van der Waals surface area contributed by atoms with E-state index in [0.29, 0.717) is 13.1 Å². The van der Waals surface area contributed by atoms with Crippen molar-refractivity contribution >= 4 is 40.3 Å². The van der Waals surface area contributed by atoms with E-state index in [1.54, 1.807) is 46.8 Å². The second kappa shape index (κ2) is 18.6. The Morgan fingerprint density at radius 1 is 0.967 bits per heavy atom. The Bertz CT molecular complexity index is 2090. The molecule has 5 bridgehead atoms. The number of aliphatic hydroxyl groups excluding tert-OH is 2. The van der Waals surface area contributed by atoms with Crippen LogP contribution in [-0.2, 0) is 23.8 Å². The van der Waals surface area contributed by atoms with E-state index in [1.165, 1.54) is 59.6 Å². The van der Waals surface area contributed by atoms with Crippen molar-refractivity contribution in [1.29, 1.82) is 0 Å². The van der Waals surface area contributed by atoms with E-state index in [-0.39, 0.29) is 50.2 Å². The predicted octanol–water partition coefficient (Wildman–Crippen LogP) is 4.64. The Labute approximate surface area is 351 Å². The van der Waals surface area contributed by atoms with Crippen LogP contribution < -0.4 is 14.8 Å². The fourth-order valence-electron chi connectivity index (χ4n) is 8.12. The van der Waals surface area contributed by atoms with Gasteiger partial charge in [0.25, 0.3) is 11.7 Å². The first-order chi connectivity index (χ1) is 28.3. The summed E-state index contributed by atoms with van der Waals surface area (Å²) in [5.74, 6) is -7.21. The highest BCUT2D eigenvalue weighted by atomic mass is 16.7. The first kappa shape index (κ1) is 45.9. The zero-order chi connectivity index (χ0) is 44.4. The fraction of sp³-hybridized carbons (Fsp3) is 0.545. The minimum Gasteiger partial charge on any atom is -0.507 e. The number of allylic oxidation sites excluding steroid dienone is 2. The summed E-state index contributed by atoms with van der Waals surface area (Å²) in [7, 11) is 4.83. The average Bonchev–Trinajstić information content (AvgIpc) is 3.48. The average molecular weight is 837 g/mol. The van der Waals surface area contributed by atoms with Crippen molar-refractivity contribution in [3.05, 3.63) is 52.8 Å². The van der Waals surface area contributed by atoms with Gasteiger partial charge in [-0.3, -0.25) is 19.4 Å². The molecule has 2 aromatic rings. The molecular formula is C44H60N4O12. The number of phenols is 2. The van der Waals surface area contributed by atoms with Crippen molar-refractivity contribution < 1.29 is 58.5 Å². The van der Waals surface area contributed by atoms with Gasteiger partial charge in [-0.25, -0.2) is 0 Å². The minimum atomic E-state index is -1.99.